The van der Waals surface area contributed by atoms with Crippen molar-refractivity contribution in [3.05, 3.63) is 29.7 Å². The van der Waals surface area contributed by atoms with Gasteiger partial charge in [0.15, 0.2) is 5.58 Å². The molecular weight excluding hydrogens is 353 g/mol. The topological polar surface area (TPSA) is 90.0 Å². The van der Waals surface area contributed by atoms with Gasteiger partial charge in [-0.25, -0.2) is 4.39 Å². The van der Waals surface area contributed by atoms with Gasteiger partial charge in [0.1, 0.15) is 5.82 Å². The van der Waals surface area contributed by atoms with Gasteiger partial charge in [-0.2, -0.15) is 0 Å². The van der Waals surface area contributed by atoms with E-state index in [-0.39, 0.29) is 11.7 Å². The summed E-state index contributed by atoms with van der Waals surface area (Å²) in [4.78, 5) is 15.7. The van der Waals surface area contributed by atoms with E-state index < -0.39 is 11.7 Å². The van der Waals surface area contributed by atoms with Gasteiger partial charge in [0.2, 0.25) is 5.79 Å². The molecule has 0 spiro atoms. The van der Waals surface area contributed by atoms with Crippen molar-refractivity contribution in [1.29, 1.82) is 0 Å². The van der Waals surface area contributed by atoms with Crippen LogP contribution in [0.4, 0.5) is 4.39 Å². The molecule has 27 heavy (non-hydrogen) atoms. The number of hydrogen-bond acceptors (Lipinski definition) is 6. The quantitative estimate of drug-likeness (QED) is 0.743. The number of fused-ring (bicyclic) bond motifs is 1. The average molecular weight is 379 g/mol. The smallest absolute Gasteiger partial charge is 0.282 e. The van der Waals surface area contributed by atoms with E-state index in [1.54, 1.807) is 6.07 Å². The molecule has 2 heterocycles. The van der Waals surface area contributed by atoms with Gasteiger partial charge in [-0.05, 0) is 51.9 Å². The minimum Gasteiger partial charge on any atom is -0.358 e. The van der Waals surface area contributed by atoms with Crippen LogP contribution in [0.1, 0.15) is 38.3 Å². The molecule has 1 amide bonds. The number of amides is 1. The molecule has 1 aliphatic rings. The summed E-state index contributed by atoms with van der Waals surface area (Å²) in [6.45, 7) is 6.14. The summed E-state index contributed by atoms with van der Waals surface area (Å²) in [6.07, 6.45) is 1.80. The summed E-state index contributed by atoms with van der Waals surface area (Å²) in [6, 6.07) is 4.49. The summed E-state index contributed by atoms with van der Waals surface area (Å²) >= 11 is 0. The van der Waals surface area contributed by atoms with Crippen LogP contribution < -0.4 is 0 Å². The molecule has 148 valence electrons. The van der Waals surface area contributed by atoms with Crippen LogP contribution in [0.15, 0.2) is 22.7 Å². The minimum atomic E-state index is -2.34. The van der Waals surface area contributed by atoms with E-state index >= 15 is 0 Å². The maximum Gasteiger partial charge on any atom is 0.282 e. The summed E-state index contributed by atoms with van der Waals surface area (Å²) < 4.78 is 18.6. The van der Waals surface area contributed by atoms with Crippen molar-refractivity contribution in [2.24, 2.45) is 0 Å². The van der Waals surface area contributed by atoms with Crippen molar-refractivity contribution in [2.75, 3.05) is 32.7 Å². The van der Waals surface area contributed by atoms with Crippen LogP contribution >= 0.6 is 0 Å². The lowest BCUT2D eigenvalue weighted by atomic mass is 9.91. The molecule has 0 unspecified atom stereocenters. The zero-order valence-electron chi connectivity index (χ0n) is 15.7. The molecule has 1 aliphatic heterocycles. The average Bonchev–Trinajstić information content (AvgIpc) is 3.04. The van der Waals surface area contributed by atoms with Crippen LogP contribution in [0.5, 0.6) is 0 Å². The Morgan fingerprint density at radius 3 is 2.74 bits per heavy atom. The monoisotopic (exact) mass is 379 g/mol. The van der Waals surface area contributed by atoms with E-state index in [0.29, 0.717) is 25.2 Å². The highest BCUT2D eigenvalue weighted by atomic mass is 19.1. The van der Waals surface area contributed by atoms with Crippen LogP contribution in [0, 0.1) is 5.82 Å². The fraction of sp³-hybridized carbons (Fsp3) is 0.579. The van der Waals surface area contributed by atoms with Crippen molar-refractivity contribution in [1.82, 2.24) is 15.0 Å². The fourth-order valence-corrected chi connectivity index (χ4v) is 3.62. The van der Waals surface area contributed by atoms with Crippen LogP contribution in [0.3, 0.4) is 0 Å². The molecule has 0 aliphatic carbocycles. The number of likely N-dealkylation sites (tertiary alicyclic amines) is 1. The number of aromatic nitrogens is 1. The zero-order chi connectivity index (χ0) is 19.6. The number of carbonyl (C=O) groups is 1. The molecular formula is C19H26FN3O4. The SMILES string of the molecule is CCN(CCN1CCC(c2noc3cc(F)ccc23)CC1)C(=O)C(C)(O)O. The Kier molecular flexibility index (Phi) is 5.78. The van der Waals surface area contributed by atoms with Gasteiger partial charge >= 0.3 is 0 Å². The number of carbonyl (C=O) groups excluding carboxylic acids is 1. The first-order valence-corrected chi connectivity index (χ1v) is 9.31. The third-order valence-corrected chi connectivity index (χ3v) is 5.20. The lowest BCUT2D eigenvalue weighted by Gasteiger charge is -2.33. The molecule has 0 radical (unpaired) electrons. The number of likely N-dealkylation sites (N-methyl/N-ethyl adjacent to an activating group) is 1. The van der Waals surface area contributed by atoms with Gasteiger partial charge in [0.05, 0.1) is 5.69 Å². The first kappa shape index (κ1) is 19.7. The van der Waals surface area contributed by atoms with Crippen molar-refractivity contribution in [3.63, 3.8) is 0 Å². The highest BCUT2D eigenvalue weighted by Gasteiger charge is 2.31. The molecule has 0 atom stereocenters. The lowest BCUT2D eigenvalue weighted by molar-refractivity contribution is -0.189. The Morgan fingerprint density at radius 1 is 1.41 bits per heavy atom. The Hall–Kier alpha value is -2.03. The Balaban J connectivity index is 1.55. The van der Waals surface area contributed by atoms with Crippen LogP contribution in [-0.2, 0) is 4.79 Å². The zero-order valence-corrected chi connectivity index (χ0v) is 15.7. The van der Waals surface area contributed by atoms with E-state index in [2.05, 4.69) is 10.1 Å². The van der Waals surface area contributed by atoms with Crippen molar-refractivity contribution in [3.8, 4) is 0 Å². The molecule has 2 aromatic rings. The predicted molar refractivity (Wildman–Crippen MR) is 97.5 cm³/mol. The van der Waals surface area contributed by atoms with Crippen LogP contribution in [0.25, 0.3) is 11.0 Å². The highest BCUT2D eigenvalue weighted by molar-refractivity contribution is 5.82. The van der Waals surface area contributed by atoms with Crippen LogP contribution in [0.2, 0.25) is 0 Å². The molecule has 3 rings (SSSR count). The normalized spacial score (nSPS) is 16.8. The molecule has 1 saturated heterocycles. The largest absolute Gasteiger partial charge is 0.358 e. The third-order valence-electron chi connectivity index (χ3n) is 5.20. The maximum atomic E-state index is 13.3. The van der Waals surface area contributed by atoms with Crippen LogP contribution in [-0.4, -0.2) is 69.6 Å². The van der Waals surface area contributed by atoms with Crippen molar-refractivity contribution >= 4 is 16.9 Å². The van der Waals surface area contributed by atoms with Gasteiger partial charge in [-0.15, -0.1) is 0 Å². The predicted octanol–water partition coefficient (Wildman–Crippen LogP) is 1.70. The number of rotatable bonds is 6. The Morgan fingerprint density at radius 2 is 2.11 bits per heavy atom. The highest BCUT2D eigenvalue weighted by Crippen LogP contribution is 2.32. The van der Waals surface area contributed by atoms with E-state index in [9.17, 15) is 19.4 Å². The standard InChI is InChI=1S/C19H26FN3O4/c1-3-23(18(24)19(2,25)26)11-10-22-8-6-13(7-9-22)17-15-5-4-14(20)12-16(15)27-21-17/h4-5,12-13,25-26H,3,6-11H2,1-2H3. The second kappa shape index (κ2) is 7.92. The minimum absolute atomic E-state index is 0.259. The summed E-state index contributed by atoms with van der Waals surface area (Å²) in [5, 5.41) is 24.0. The molecule has 7 nitrogen and oxygen atoms in total. The lowest BCUT2D eigenvalue weighted by Crippen LogP contribution is -2.49. The van der Waals surface area contributed by atoms with Gasteiger partial charge in [-0.1, -0.05) is 5.16 Å². The number of piperidine rings is 1. The molecule has 8 heteroatoms. The van der Waals surface area contributed by atoms with E-state index in [4.69, 9.17) is 4.52 Å². The summed E-state index contributed by atoms with van der Waals surface area (Å²) in [5.74, 6) is -3.09. The molecule has 0 saturated carbocycles. The van der Waals surface area contributed by atoms with E-state index in [1.807, 2.05) is 6.92 Å². The molecule has 0 bridgehead atoms. The van der Waals surface area contributed by atoms with Crippen molar-refractivity contribution < 1.29 is 23.9 Å². The second-order valence-electron chi connectivity index (χ2n) is 7.23. The Bertz CT molecular complexity index is 794. The molecule has 1 aromatic heterocycles. The van der Waals surface area contributed by atoms with Gasteiger partial charge < -0.3 is 24.5 Å². The van der Waals surface area contributed by atoms with Crippen molar-refractivity contribution in [2.45, 2.75) is 38.4 Å². The van der Waals surface area contributed by atoms with E-state index in [1.165, 1.54) is 17.0 Å². The summed E-state index contributed by atoms with van der Waals surface area (Å²) in [5.41, 5.74) is 1.35. The fourth-order valence-electron chi connectivity index (χ4n) is 3.62. The first-order chi connectivity index (χ1) is 12.8. The number of nitrogens with zero attached hydrogens (tertiary/aromatic N) is 3. The third kappa shape index (κ3) is 4.45. The summed E-state index contributed by atoms with van der Waals surface area (Å²) in [7, 11) is 0. The molecule has 1 fully saturated rings. The second-order valence-corrected chi connectivity index (χ2v) is 7.23. The maximum absolute atomic E-state index is 13.3. The molecule has 1 aromatic carbocycles. The number of hydrogen-bond donors (Lipinski definition) is 2. The van der Waals surface area contributed by atoms with Gasteiger partial charge in [0.25, 0.3) is 5.91 Å². The Labute approximate surface area is 157 Å². The van der Waals surface area contributed by atoms with Gasteiger partial charge in [0, 0.05) is 37.0 Å². The number of benzene rings is 1. The van der Waals surface area contributed by atoms with Gasteiger partial charge in [-0.3, -0.25) is 4.79 Å². The van der Waals surface area contributed by atoms with E-state index in [0.717, 1.165) is 43.9 Å². The number of aliphatic hydroxyl groups is 2. The molecule has 2 N–H and O–H groups in total. The first-order valence-electron chi connectivity index (χ1n) is 9.31. The number of halogens is 1.